The van der Waals surface area contributed by atoms with Gasteiger partial charge in [0.15, 0.2) is 25.0 Å². The zero-order valence-electron chi connectivity index (χ0n) is 40.3. The minimum atomic E-state index is -1.89. The highest BCUT2D eigenvalue weighted by molar-refractivity contribution is 6.74. The summed E-state index contributed by atoms with van der Waals surface area (Å²) in [6.45, 7) is 33.6. The number of fused-ring (bicyclic) bond motifs is 1. The molecule has 3 fully saturated rings. The molecule has 0 spiro atoms. The lowest BCUT2D eigenvalue weighted by Crippen LogP contribution is -2.54. The van der Waals surface area contributed by atoms with Crippen molar-refractivity contribution in [3.05, 3.63) is 23.3 Å². The molecule has 2 N–H and O–H groups in total. The van der Waals surface area contributed by atoms with Gasteiger partial charge in [-0.1, -0.05) is 105 Å². The summed E-state index contributed by atoms with van der Waals surface area (Å²) in [5.41, 5.74) is 2.74. The van der Waals surface area contributed by atoms with Crippen LogP contribution in [0.15, 0.2) is 23.3 Å². The van der Waals surface area contributed by atoms with Gasteiger partial charge >= 0.3 is 0 Å². The lowest BCUT2D eigenvalue weighted by atomic mass is 9.60. The monoisotopic (exact) mass is 849 g/mol. The molecule has 5 nitrogen and oxygen atoms in total. The fourth-order valence-electron chi connectivity index (χ4n) is 12.3. The van der Waals surface area contributed by atoms with E-state index in [1.807, 2.05) is 0 Å². The average molecular weight is 850 g/mol. The summed E-state index contributed by atoms with van der Waals surface area (Å²) in [4.78, 5) is 0. The first-order chi connectivity index (χ1) is 26.8. The summed E-state index contributed by atoms with van der Waals surface area (Å²) in [5.74, 6) is 1.97. The van der Waals surface area contributed by atoms with Crippen molar-refractivity contribution in [3.8, 4) is 0 Å². The topological polar surface area (TPSA) is 68.2 Å². The Hall–Kier alpha value is -0.0694. The zero-order chi connectivity index (χ0) is 42.7. The quantitative estimate of drug-likeness (QED) is 0.0896. The summed E-state index contributed by atoms with van der Waals surface area (Å²) in [6.07, 6.45) is 18.2. The largest absolute Gasteiger partial charge is 0.412 e. The maximum Gasteiger partial charge on any atom is 0.192 e. The molecule has 0 unspecified atom stereocenters. The Morgan fingerprint density at radius 1 is 0.702 bits per heavy atom. The maximum absolute atomic E-state index is 10.4. The van der Waals surface area contributed by atoms with Crippen molar-refractivity contribution in [1.82, 2.24) is 0 Å². The van der Waals surface area contributed by atoms with Crippen LogP contribution in [0, 0.1) is 23.2 Å². The standard InChI is InChI=1S/C49H96O5Si3/c1-15-55(16-2,17-3)52-46(48(12,13)54-57(21-7,22-8)23-9)33-30-41(26-24-34-47(10,11)53-56(18-4,19-5)20-6)45-32-31-44-40(27-25-35-49(44,45)14)29-28-39-36-42(50)38-43(51)37-39/h28-29,41-46,50-51H,15-27,30-38H2,1-14H3/b40-29+/t41-,42-,43-,44+,45-,46-,49+/m1/s1. The molecule has 0 bridgehead atoms. The van der Waals surface area contributed by atoms with Crippen molar-refractivity contribution in [1.29, 1.82) is 0 Å². The molecule has 0 aromatic rings. The molecule has 7 atom stereocenters. The molecule has 3 aliphatic carbocycles. The van der Waals surface area contributed by atoms with Crippen LogP contribution in [-0.2, 0) is 13.3 Å². The number of hydrogen-bond acceptors (Lipinski definition) is 5. The molecule has 3 rings (SSSR count). The third-order valence-corrected chi connectivity index (χ3v) is 31.1. The van der Waals surface area contributed by atoms with Crippen molar-refractivity contribution in [2.75, 3.05) is 0 Å². The second-order valence-electron chi connectivity index (χ2n) is 20.7. The Morgan fingerprint density at radius 2 is 1.23 bits per heavy atom. The van der Waals surface area contributed by atoms with Gasteiger partial charge in [0.05, 0.1) is 29.5 Å². The molecular weight excluding hydrogens is 753 g/mol. The van der Waals surface area contributed by atoms with Crippen LogP contribution < -0.4 is 0 Å². The van der Waals surface area contributed by atoms with Gasteiger partial charge in [0.1, 0.15) is 0 Å². The van der Waals surface area contributed by atoms with Crippen molar-refractivity contribution in [3.63, 3.8) is 0 Å². The fraction of sp³-hybridized carbons (Fsp3) is 0.918. The third-order valence-electron chi connectivity index (χ3n) is 16.8. The minimum Gasteiger partial charge on any atom is -0.412 e. The number of rotatable bonds is 25. The lowest BCUT2D eigenvalue weighted by molar-refractivity contribution is -0.0376. The van der Waals surface area contributed by atoms with E-state index < -0.39 is 37.2 Å². The Bertz CT molecular complexity index is 1210. The van der Waals surface area contributed by atoms with Crippen LogP contribution >= 0.6 is 0 Å². The van der Waals surface area contributed by atoms with Crippen molar-refractivity contribution in [2.24, 2.45) is 23.2 Å². The van der Waals surface area contributed by atoms with Gasteiger partial charge in [-0.3, -0.25) is 0 Å². The minimum absolute atomic E-state index is 0.0834. The summed E-state index contributed by atoms with van der Waals surface area (Å²) in [6, 6.07) is 10.6. The highest BCUT2D eigenvalue weighted by Crippen LogP contribution is 2.61. The smallest absolute Gasteiger partial charge is 0.192 e. The third kappa shape index (κ3) is 13.2. The molecule has 0 amide bonds. The number of aliphatic hydroxyl groups is 2. The zero-order valence-corrected chi connectivity index (χ0v) is 43.3. The normalized spacial score (nSPS) is 27.2. The van der Waals surface area contributed by atoms with E-state index in [0.29, 0.717) is 42.4 Å². The van der Waals surface area contributed by atoms with Crippen LogP contribution in [0.1, 0.15) is 180 Å². The van der Waals surface area contributed by atoms with Crippen molar-refractivity contribution >= 4 is 25.0 Å². The first-order valence-corrected chi connectivity index (χ1v) is 32.2. The molecule has 0 aromatic heterocycles. The second-order valence-corrected chi connectivity index (χ2v) is 34.9. The number of aliphatic hydroxyl groups excluding tert-OH is 2. The van der Waals surface area contributed by atoms with Gasteiger partial charge in [0.25, 0.3) is 0 Å². The average Bonchev–Trinajstić information content (AvgIpc) is 3.54. The molecule has 334 valence electrons. The SMILES string of the molecule is CC[Si](CC)(CC)O[C@H](CC[C@@H](CCCC(C)(C)O[Si](CC)(CC)CC)[C@H]1CC[C@H]2/C(=C/C=C3C[C@@H](O)C[C@H](O)C3)CCC[C@]12C)C(C)(C)O[Si](CC)(CC)CC. The van der Waals surface area contributed by atoms with E-state index in [-0.39, 0.29) is 17.3 Å². The second kappa shape index (κ2) is 22.3. The number of allylic oxidation sites excluding steroid dienone is 3. The van der Waals surface area contributed by atoms with E-state index in [0.717, 1.165) is 12.8 Å². The van der Waals surface area contributed by atoms with E-state index in [1.54, 1.807) is 5.57 Å². The molecule has 3 saturated carbocycles. The van der Waals surface area contributed by atoms with Crippen molar-refractivity contribution < 1.29 is 23.5 Å². The highest BCUT2D eigenvalue weighted by atomic mass is 28.4. The van der Waals surface area contributed by atoms with Crippen LogP contribution in [-0.4, -0.2) is 64.7 Å². The summed E-state index contributed by atoms with van der Waals surface area (Å²) in [7, 11) is -5.45. The summed E-state index contributed by atoms with van der Waals surface area (Å²) < 4.78 is 22.3. The lowest BCUT2D eigenvalue weighted by Gasteiger charge is -2.48. The van der Waals surface area contributed by atoms with Crippen LogP contribution in [0.4, 0.5) is 0 Å². The molecule has 8 heteroatoms. The Morgan fingerprint density at radius 3 is 1.75 bits per heavy atom. The first kappa shape index (κ1) is 51.3. The van der Waals surface area contributed by atoms with E-state index >= 15 is 0 Å². The van der Waals surface area contributed by atoms with Crippen molar-refractivity contribution in [2.45, 2.75) is 264 Å². The van der Waals surface area contributed by atoms with Gasteiger partial charge in [0.2, 0.25) is 0 Å². The molecule has 57 heavy (non-hydrogen) atoms. The predicted octanol–water partition coefficient (Wildman–Crippen LogP) is 14.5. The molecule has 0 aliphatic heterocycles. The first-order valence-electron chi connectivity index (χ1n) is 24.7. The van der Waals surface area contributed by atoms with Gasteiger partial charge in [-0.2, -0.15) is 0 Å². The highest BCUT2D eigenvalue weighted by Gasteiger charge is 2.52. The van der Waals surface area contributed by atoms with E-state index in [1.165, 1.54) is 111 Å². The Balaban J connectivity index is 1.99. The number of hydrogen-bond donors (Lipinski definition) is 2. The predicted molar refractivity (Wildman–Crippen MR) is 254 cm³/mol. The Kier molecular flexibility index (Phi) is 20.1. The molecular formula is C49H96O5Si3. The maximum atomic E-state index is 10.4. The molecule has 3 aliphatic rings. The van der Waals surface area contributed by atoms with E-state index in [2.05, 4.69) is 109 Å². The molecule has 0 saturated heterocycles. The molecule has 0 heterocycles. The van der Waals surface area contributed by atoms with Crippen LogP contribution in [0.2, 0.25) is 54.4 Å². The Labute approximate surface area is 357 Å². The van der Waals surface area contributed by atoms with Crippen LogP contribution in [0.5, 0.6) is 0 Å². The van der Waals surface area contributed by atoms with E-state index in [4.69, 9.17) is 13.3 Å². The van der Waals surface area contributed by atoms with Gasteiger partial charge in [-0.15, -0.1) is 0 Å². The van der Waals surface area contributed by atoms with Gasteiger partial charge in [-0.05, 0) is 176 Å². The van der Waals surface area contributed by atoms with Crippen LogP contribution in [0.25, 0.3) is 0 Å². The molecule has 0 radical (unpaired) electrons. The fourth-order valence-corrected chi connectivity index (χ4v) is 21.7. The van der Waals surface area contributed by atoms with E-state index in [9.17, 15) is 10.2 Å². The van der Waals surface area contributed by atoms with Gasteiger partial charge in [-0.25, -0.2) is 0 Å². The van der Waals surface area contributed by atoms with Crippen LogP contribution in [0.3, 0.4) is 0 Å². The summed E-state index contributed by atoms with van der Waals surface area (Å²) >= 11 is 0. The van der Waals surface area contributed by atoms with Gasteiger partial charge in [0, 0.05) is 0 Å². The van der Waals surface area contributed by atoms with Gasteiger partial charge < -0.3 is 23.5 Å². The molecule has 0 aromatic carbocycles. The summed E-state index contributed by atoms with van der Waals surface area (Å²) in [5, 5.41) is 20.8.